The number of nitrogens with two attached hydrogens (primary N) is 1. The van der Waals surface area contributed by atoms with Crippen LogP contribution in [0.2, 0.25) is 0 Å². The van der Waals surface area contributed by atoms with E-state index < -0.39 is 0 Å². The summed E-state index contributed by atoms with van der Waals surface area (Å²) in [5, 5.41) is 3.18. The fourth-order valence-electron chi connectivity index (χ4n) is 3.11. The first kappa shape index (κ1) is 22.2. The second-order valence-corrected chi connectivity index (χ2v) is 6.62. The van der Waals surface area contributed by atoms with Crippen LogP contribution in [0.15, 0.2) is 35.3 Å². The fraction of sp³-hybridized carbons (Fsp3) is 0.650. The number of rotatable bonds is 10. The molecule has 1 aromatic carbocycles. The molecule has 0 unspecified atom stereocenters. The molecule has 1 aromatic rings. The molecule has 1 aliphatic rings. The molecule has 0 amide bonds. The molecule has 0 saturated heterocycles. The number of hydrogen-bond acceptors (Lipinski definition) is 2. The molecule has 4 nitrogen and oxygen atoms in total. The third kappa shape index (κ3) is 10.7. The van der Waals surface area contributed by atoms with E-state index in [2.05, 4.69) is 34.6 Å². The maximum Gasteiger partial charge on any atom is 0.188 e. The van der Waals surface area contributed by atoms with Gasteiger partial charge in [-0.05, 0) is 44.1 Å². The Morgan fingerprint density at radius 3 is 2.60 bits per heavy atom. The molecule has 5 heteroatoms. The lowest BCUT2D eigenvalue weighted by Gasteiger charge is -2.21. The Morgan fingerprint density at radius 2 is 1.84 bits per heavy atom. The van der Waals surface area contributed by atoms with E-state index in [4.69, 9.17) is 10.5 Å². The third-order valence-corrected chi connectivity index (χ3v) is 4.55. The van der Waals surface area contributed by atoms with Crippen LogP contribution >= 0.6 is 24.0 Å². The Hall–Kier alpha value is -0.820. The average molecular weight is 459 g/mol. The minimum atomic E-state index is 0. The van der Waals surface area contributed by atoms with Crippen LogP contribution in [-0.4, -0.2) is 31.8 Å². The summed E-state index contributed by atoms with van der Waals surface area (Å²) in [6.45, 7) is 2.53. The van der Waals surface area contributed by atoms with Crippen LogP contribution in [0.4, 0.5) is 0 Å². The van der Waals surface area contributed by atoms with E-state index in [0.29, 0.717) is 12.1 Å². The second-order valence-electron chi connectivity index (χ2n) is 6.62. The molecule has 3 N–H and O–H groups in total. The van der Waals surface area contributed by atoms with Gasteiger partial charge in [0.15, 0.2) is 5.96 Å². The first-order valence-corrected chi connectivity index (χ1v) is 9.54. The fourth-order valence-corrected chi connectivity index (χ4v) is 3.11. The molecule has 0 radical (unpaired) electrons. The Balaban J connectivity index is 0.00000312. The minimum Gasteiger partial charge on any atom is -0.378 e. The number of benzene rings is 1. The van der Waals surface area contributed by atoms with E-state index in [1.54, 1.807) is 0 Å². The first-order valence-electron chi connectivity index (χ1n) is 9.54. The van der Waals surface area contributed by atoms with Crippen molar-refractivity contribution in [3.8, 4) is 0 Å². The van der Waals surface area contributed by atoms with Gasteiger partial charge >= 0.3 is 0 Å². The highest BCUT2D eigenvalue weighted by molar-refractivity contribution is 14.0. The molecule has 0 atom stereocenters. The molecule has 0 spiro atoms. The Morgan fingerprint density at radius 1 is 1.08 bits per heavy atom. The molecule has 2 rings (SSSR count). The zero-order valence-electron chi connectivity index (χ0n) is 15.3. The first-order chi connectivity index (χ1) is 11.8. The Bertz CT molecular complexity index is 461. The molecule has 0 aromatic heterocycles. The molecular formula is C20H34IN3O. The van der Waals surface area contributed by atoms with E-state index in [1.807, 2.05) is 6.07 Å². The molecule has 0 aliphatic heterocycles. The van der Waals surface area contributed by atoms with Crippen molar-refractivity contribution in [1.82, 2.24) is 5.32 Å². The SMILES string of the molecule is I.NC(=NCCCCCOC1CCCCC1)NCCc1ccccc1. The summed E-state index contributed by atoms with van der Waals surface area (Å²) in [5.41, 5.74) is 7.21. The number of aliphatic imine (C=N–C) groups is 1. The van der Waals surface area contributed by atoms with Gasteiger partial charge in [-0.25, -0.2) is 0 Å². The lowest BCUT2D eigenvalue weighted by Crippen LogP contribution is -2.33. The van der Waals surface area contributed by atoms with Crippen LogP contribution in [0.3, 0.4) is 0 Å². The molecule has 0 bridgehead atoms. The van der Waals surface area contributed by atoms with Crippen LogP contribution in [-0.2, 0) is 11.2 Å². The van der Waals surface area contributed by atoms with Gasteiger partial charge in [-0.2, -0.15) is 0 Å². The van der Waals surface area contributed by atoms with Crippen LogP contribution in [0.5, 0.6) is 0 Å². The van der Waals surface area contributed by atoms with E-state index in [-0.39, 0.29) is 24.0 Å². The number of ether oxygens (including phenoxy) is 1. The van der Waals surface area contributed by atoms with E-state index in [1.165, 1.54) is 37.7 Å². The number of unbranched alkanes of at least 4 members (excludes halogenated alkanes) is 2. The van der Waals surface area contributed by atoms with Crippen LogP contribution < -0.4 is 11.1 Å². The summed E-state index contributed by atoms with van der Waals surface area (Å²) in [6, 6.07) is 10.4. The quantitative estimate of drug-likeness (QED) is 0.238. The highest BCUT2D eigenvalue weighted by Crippen LogP contribution is 2.20. The maximum absolute atomic E-state index is 5.93. The molecule has 1 aliphatic carbocycles. The maximum atomic E-state index is 5.93. The summed E-state index contributed by atoms with van der Waals surface area (Å²) in [6.07, 6.45) is 11.5. The third-order valence-electron chi connectivity index (χ3n) is 4.55. The molecule has 25 heavy (non-hydrogen) atoms. The number of nitrogens with one attached hydrogen (secondary N) is 1. The summed E-state index contributed by atoms with van der Waals surface area (Å²) < 4.78 is 5.93. The largest absolute Gasteiger partial charge is 0.378 e. The normalized spacial score (nSPS) is 15.6. The number of halogens is 1. The molecule has 1 saturated carbocycles. The van der Waals surface area contributed by atoms with Crippen molar-refractivity contribution < 1.29 is 4.74 Å². The van der Waals surface area contributed by atoms with Gasteiger partial charge in [-0.3, -0.25) is 4.99 Å². The van der Waals surface area contributed by atoms with Gasteiger partial charge in [0.1, 0.15) is 0 Å². The van der Waals surface area contributed by atoms with Crippen molar-refractivity contribution >= 4 is 29.9 Å². The van der Waals surface area contributed by atoms with Crippen LogP contribution in [0.1, 0.15) is 56.9 Å². The van der Waals surface area contributed by atoms with Gasteiger partial charge in [-0.1, -0.05) is 49.6 Å². The summed E-state index contributed by atoms with van der Waals surface area (Å²) in [5.74, 6) is 0.560. The van der Waals surface area contributed by atoms with E-state index >= 15 is 0 Å². The zero-order valence-corrected chi connectivity index (χ0v) is 17.6. The molecular weight excluding hydrogens is 425 g/mol. The smallest absolute Gasteiger partial charge is 0.188 e. The van der Waals surface area contributed by atoms with Gasteiger partial charge in [0.05, 0.1) is 6.10 Å². The van der Waals surface area contributed by atoms with Gasteiger partial charge in [0, 0.05) is 19.7 Å². The Labute approximate surface area is 170 Å². The molecule has 0 heterocycles. The highest BCUT2D eigenvalue weighted by Gasteiger charge is 2.12. The standard InChI is InChI=1S/C20H33N3O.HI/c21-20(23-16-14-18-10-4-1-5-11-18)22-15-8-3-9-17-24-19-12-6-2-7-13-19;/h1,4-5,10-11,19H,2-3,6-9,12-17H2,(H3,21,22,23);1H. The number of hydrogen-bond donors (Lipinski definition) is 2. The van der Waals surface area contributed by atoms with Crippen molar-refractivity contribution in [2.24, 2.45) is 10.7 Å². The number of nitrogens with zero attached hydrogens (tertiary/aromatic N) is 1. The molecule has 1 fully saturated rings. The van der Waals surface area contributed by atoms with E-state index in [0.717, 1.165) is 45.4 Å². The second kappa shape index (κ2) is 14.4. The zero-order chi connectivity index (χ0) is 16.9. The minimum absolute atomic E-state index is 0. The highest BCUT2D eigenvalue weighted by atomic mass is 127. The van der Waals surface area contributed by atoms with Crippen molar-refractivity contribution in [3.05, 3.63) is 35.9 Å². The van der Waals surface area contributed by atoms with Gasteiger partial charge in [0.25, 0.3) is 0 Å². The van der Waals surface area contributed by atoms with Crippen LogP contribution in [0, 0.1) is 0 Å². The van der Waals surface area contributed by atoms with Crippen molar-refractivity contribution in [2.75, 3.05) is 19.7 Å². The van der Waals surface area contributed by atoms with Crippen molar-refractivity contribution in [2.45, 2.75) is 63.9 Å². The predicted octanol–water partition coefficient (Wildman–Crippen LogP) is 4.27. The van der Waals surface area contributed by atoms with E-state index in [9.17, 15) is 0 Å². The van der Waals surface area contributed by atoms with Crippen LogP contribution in [0.25, 0.3) is 0 Å². The van der Waals surface area contributed by atoms with Crippen molar-refractivity contribution in [3.63, 3.8) is 0 Å². The molecule has 142 valence electrons. The summed E-state index contributed by atoms with van der Waals surface area (Å²) >= 11 is 0. The average Bonchev–Trinajstić information content (AvgIpc) is 2.63. The topological polar surface area (TPSA) is 59.6 Å². The number of guanidine groups is 1. The predicted molar refractivity (Wildman–Crippen MR) is 117 cm³/mol. The lowest BCUT2D eigenvalue weighted by molar-refractivity contribution is 0.0264. The summed E-state index contributed by atoms with van der Waals surface area (Å²) in [4.78, 5) is 4.39. The van der Waals surface area contributed by atoms with Crippen molar-refractivity contribution in [1.29, 1.82) is 0 Å². The van der Waals surface area contributed by atoms with Gasteiger partial charge in [-0.15, -0.1) is 24.0 Å². The van der Waals surface area contributed by atoms with Gasteiger partial charge < -0.3 is 15.8 Å². The monoisotopic (exact) mass is 459 g/mol. The van der Waals surface area contributed by atoms with Gasteiger partial charge in [0.2, 0.25) is 0 Å². The Kier molecular flexibility index (Phi) is 12.8. The lowest BCUT2D eigenvalue weighted by atomic mass is 9.98. The summed E-state index contributed by atoms with van der Waals surface area (Å²) in [7, 11) is 0.